The summed E-state index contributed by atoms with van der Waals surface area (Å²) in [7, 11) is -0.540. The second kappa shape index (κ2) is 6.13. The molecule has 1 aliphatic heterocycles. The lowest BCUT2D eigenvalue weighted by Gasteiger charge is -2.16. The number of hydrogen-bond donors (Lipinski definition) is 2. The summed E-state index contributed by atoms with van der Waals surface area (Å²) in [6.07, 6.45) is 1.78. The third-order valence-corrected chi connectivity index (χ3v) is 5.43. The van der Waals surface area contributed by atoms with Crippen molar-refractivity contribution in [2.75, 3.05) is 26.0 Å². The van der Waals surface area contributed by atoms with Crippen LogP contribution in [0.3, 0.4) is 0 Å². The maximum atomic E-state index is 12.1. The van der Waals surface area contributed by atoms with Crippen LogP contribution in [-0.2, 0) is 14.8 Å². The van der Waals surface area contributed by atoms with Gasteiger partial charge < -0.3 is 10.6 Å². The molecule has 0 radical (unpaired) electrons. The van der Waals surface area contributed by atoms with Crippen LogP contribution in [0, 0.1) is 6.92 Å². The summed E-state index contributed by atoms with van der Waals surface area (Å²) in [6, 6.07) is 4.57. The first-order valence-electron chi connectivity index (χ1n) is 6.90. The van der Waals surface area contributed by atoms with Gasteiger partial charge in [0, 0.05) is 19.8 Å². The maximum absolute atomic E-state index is 12.1. The summed E-state index contributed by atoms with van der Waals surface area (Å²) in [5.41, 5.74) is 1.37. The van der Waals surface area contributed by atoms with Gasteiger partial charge in [0.1, 0.15) is 0 Å². The molecule has 1 saturated heterocycles. The van der Waals surface area contributed by atoms with E-state index in [2.05, 4.69) is 10.6 Å². The van der Waals surface area contributed by atoms with Gasteiger partial charge in [-0.05, 0) is 44.0 Å². The van der Waals surface area contributed by atoms with Crippen LogP contribution in [0.4, 0.5) is 5.69 Å². The van der Waals surface area contributed by atoms with Gasteiger partial charge in [-0.25, -0.2) is 12.7 Å². The Morgan fingerprint density at radius 3 is 2.67 bits per heavy atom. The molecule has 1 aliphatic rings. The zero-order valence-corrected chi connectivity index (χ0v) is 13.3. The SMILES string of the molecule is Cc1ccc(S(=O)(=O)N(C)C)cc1NC(=O)C1CCCN1. The zero-order valence-electron chi connectivity index (χ0n) is 12.5. The fourth-order valence-electron chi connectivity index (χ4n) is 2.24. The van der Waals surface area contributed by atoms with E-state index in [9.17, 15) is 13.2 Å². The van der Waals surface area contributed by atoms with Crippen molar-refractivity contribution in [3.63, 3.8) is 0 Å². The highest BCUT2D eigenvalue weighted by Crippen LogP contribution is 2.22. The number of aryl methyl sites for hydroxylation is 1. The molecule has 116 valence electrons. The van der Waals surface area contributed by atoms with Gasteiger partial charge in [0.15, 0.2) is 0 Å². The predicted molar refractivity (Wildman–Crippen MR) is 81.7 cm³/mol. The van der Waals surface area contributed by atoms with E-state index in [1.807, 2.05) is 6.92 Å². The molecule has 0 saturated carbocycles. The number of nitrogens with zero attached hydrogens (tertiary/aromatic N) is 1. The minimum absolute atomic E-state index is 0.116. The highest BCUT2D eigenvalue weighted by molar-refractivity contribution is 7.89. The number of anilines is 1. The van der Waals surface area contributed by atoms with E-state index < -0.39 is 10.0 Å². The summed E-state index contributed by atoms with van der Waals surface area (Å²) in [5.74, 6) is -0.116. The Balaban J connectivity index is 2.25. The molecule has 0 spiro atoms. The van der Waals surface area contributed by atoms with E-state index in [4.69, 9.17) is 0 Å². The van der Waals surface area contributed by atoms with Crippen LogP contribution < -0.4 is 10.6 Å². The van der Waals surface area contributed by atoms with Gasteiger partial charge in [0.25, 0.3) is 0 Å². The monoisotopic (exact) mass is 311 g/mol. The molecule has 21 heavy (non-hydrogen) atoms. The Morgan fingerprint density at radius 2 is 2.10 bits per heavy atom. The minimum atomic E-state index is -3.50. The molecule has 6 nitrogen and oxygen atoms in total. The molecule has 1 unspecified atom stereocenters. The largest absolute Gasteiger partial charge is 0.324 e. The summed E-state index contributed by atoms with van der Waals surface area (Å²) in [6.45, 7) is 2.68. The third-order valence-electron chi connectivity index (χ3n) is 3.62. The van der Waals surface area contributed by atoms with Crippen LogP contribution in [0.5, 0.6) is 0 Å². The van der Waals surface area contributed by atoms with Crippen LogP contribution in [0.2, 0.25) is 0 Å². The van der Waals surface area contributed by atoms with Crippen LogP contribution >= 0.6 is 0 Å². The average molecular weight is 311 g/mol. The van der Waals surface area contributed by atoms with Crippen molar-refractivity contribution in [1.29, 1.82) is 0 Å². The van der Waals surface area contributed by atoms with Gasteiger partial charge >= 0.3 is 0 Å². The van der Waals surface area contributed by atoms with E-state index in [1.54, 1.807) is 12.1 Å². The number of amides is 1. The standard InChI is InChI=1S/C14H21N3O3S/c1-10-6-7-11(21(19,20)17(2)3)9-13(10)16-14(18)12-5-4-8-15-12/h6-7,9,12,15H,4-5,8H2,1-3H3,(H,16,18). The topological polar surface area (TPSA) is 78.5 Å². The lowest BCUT2D eigenvalue weighted by molar-refractivity contribution is -0.117. The molecule has 1 aromatic rings. The molecular weight excluding hydrogens is 290 g/mol. The molecular formula is C14H21N3O3S. The van der Waals surface area contributed by atoms with E-state index >= 15 is 0 Å². The second-order valence-electron chi connectivity index (χ2n) is 5.40. The number of hydrogen-bond acceptors (Lipinski definition) is 4. The van der Waals surface area contributed by atoms with Crippen molar-refractivity contribution in [2.24, 2.45) is 0 Å². The van der Waals surface area contributed by atoms with E-state index in [1.165, 1.54) is 20.2 Å². The number of nitrogens with one attached hydrogen (secondary N) is 2. The van der Waals surface area contributed by atoms with Crippen molar-refractivity contribution in [3.05, 3.63) is 23.8 Å². The highest BCUT2D eigenvalue weighted by atomic mass is 32.2. The van der Waals surface area contributed by atoms with E-state index in [0.29, 0.717) is 5.69 Å². The minimum Gasteiger partial charge on any atom is -0.324 e. The molecule has 0 aromatic heterocycles. The summed E-state index contributed by atoms with van der Waals surface area (Å²) >= 11 is 0. The Morgan fingerprint density at radius 1 is 1.38 bits per heavy atom. The lowest BCUT2D eigenvalue weighted by Crippen LogP contribution is -2.35. The molecule has 2 N–H and O–H groups in total. The fourth-order valence-corrected chi connectivity index (χ4v) is 3.16. The van der Waals surface area contributed by atoms with Crippen molar-refractivity contribution < 1.29 is 13.2 Å². The maximum Gasteiger partial charge on any atom is 0.242 e. The highest BCUT2D eigenvalue weighted by Gasteiger charge is 2.23. The molecule has 0 aliphatic carbocycles. The number of benzene rings is 1. The Bertz CT molecular complexity index is 635. The molecule has 1 atom stereocenters. The molecule has 0 bridgehead atoms. The first kappa shape index (κ1) is 15.9. The fraction of sp³-hybridized carbons (Fsp3) is 0.500. The first-order valence-corrected chi connectivity index (χ1v) is 8.34. The van der Waals surface area contributed by atoms with Crippen LogP contribution in [0.15, 0.2) is 23.1 Å². The van der Waals surface area contributed by atoms with Crippen molar-refractivity contribution in [3.8, 4) is 0 Å². The predicted octanol–water partition coefficient (Wildman–Crippen LogP) is 0.936. The first-order chi connectivity index (χ1) is 9.82. The average Bonchev–Trinajstić information content (AvgIpc) is 2.94. The van der Waals surface area contributed by atoms with Crippen molar-refractivity contribution >= 4 is 21.6 Å². The molecule has 1 amide bonds. The molecule has 2 rings (SSSR count). The number of carbonyl (C=O) groups is 1. The van der Waals surface area contributed by atoms with Gasteiger partial charge in [-0.1, -0.05) is 6.07 Å². The van der Waals surface area contributed by atoms with Gasteiger partial charge in [-0.3, -0.25) is 4.79 Å². The van der Waals surface area contributed by atoms with Crippen LogP contribution in [0.1, 0.15) is 18.4 Å². The summed E-state index contributed by atoms with van der Waals surface area (Å²) < 4.78 is 25.4. The molecule has 1 heterocycles. The zero-order chi connectivity index (χ0) is 15.6. The smallest absolute Gasteiger partial charge is 0.242 e. The lowest BCUT2D eigenvalue weighted by atomic mass is 10.1. The molecule has 1 aromatic carbocycles. The Hall–Kier alpha value is -1.44. The molecule has 7 heteroatoms. The normalized spacial score (nSPS) is 19.0. The van der Waals surface area contributed by atoms with Gasteiger partial charge in [-0.2, -0.15) is 0 Å². The van der Waals surface area contributed by atoms with Crippen molar-refractivity contribution in [2.45, 2.75) is 30.7 Å². The Kier molecular flexibility index (Phi) is 4.65. The number of rotatable bonds is 4. The van der Waals surface area contributed by atoms with Crippen molar-refractivity contribution in [1.82, 2.24) is 9.62 Å². The van der Waals surface area contributed by atoms with Gasteiger partial charge in [0.2, 0.25) is 15.9 Å². The quantitative estimate of drug-likeness (QED) is 0.867. The van der Waals surface area contributed by atoms with E-state index in [-0.39, 0.29) is 16.8 Å². The van der Waals surface area contributed by atoms with Gasteiger partial charge in [-0.15, -0.1) is 0 Å². The second-order valence-corrected chi connectivity index (χ2v) is 7.55. The molecule has 1 fully saturated rings. The van der Waals surface area contributed by atoms with E-state index in [0.717, 1.165) is 29.3 Å². The van der Waals surface area contributed by atoms with Gasteiger partial charge in [0.05, 0.1) is 10.9 Å². The van der Waals surface area contributed by atoms with Crippen LogP contribution in [0.25, 0.3) is 0 Å². The number of carbonyl (C=O) groups excluding carboxylic acids is 1. The third kappa shape index (κ3) is 3.42. The summed E-state index contributed by atoms with van der Waals surface area (Å²) in [5, 5.41) is 5.94. The summed E-state index contributed by atoms with van der Waals surface area (Å²) in [4.78, 5) is 12.3. The Labute approximate surface area is 125 Å². The number of sulfonamides is 1. The van der Waals surface area contributed by atoms with Crippen LogP contribution in [-0.4, -0.2) is 45.3 Å².